The molecule has 0 radical (unpaired) electrons. The van der Waals surface area contributed by atoms with Gasteiger partial charge in [0.05, 0.1) is 11.6 Å². The quantitative estimate of drug-likeness (QED) is 0.882. The summed E-state index contributed by atoms with van der Waals surface area (Å²) in [6.45, 7) is 6.19. The highest BCUT2D eigenvalue weighted by Gasteiger charge is 2.45. The number of hydrogen-bond donors (Lipinski definition) is 1. The minimum Gasteiger partial charge on any atom is -0.387 e. The smallest absolute Gasteiger partial charge is 0.0952 e. The van der Waals surface area contributed by atoms with Gasteiger partial charge in [-0.05, 0) is 55.5 Å². The van der Waals surface area contributed by atoms with Gasteiger partial charge in [0.25, 0.3) is 0 Å². The number of piperidine rings is 3. The van der Waals surface area contributed by atoms with Crippen LogP contribution in [0.1, 0.15) is 30.9 Å². The van der Waals surface area contributed by atoms with Crippen molar-refractivity contribution in [3.63, 3.8) is 0 Å². The topological polar surface area (TPSA) is 36.4 Å². The van der Waals surface area contributed by atoms with E-state index in [0.29, 0.717) is 0 Å². The third-order valence-electron chi connectivity index (χ3n) is 5.68. The van der Waals surface area contributed by atoms with Gasteiger partial charge >= 0.3 is 0 Å². The molecule has 1 aromatic carbocycles. The molecule has 2 bridgehead atoms. The molecule has 22 heavy (non-hydrogen) atoms. The van der Waals surface area contributed by atoms with Gasteiger partial charge in [-0.25, -0.2) is 0 Å². The average molecular weight is 294 g/mol. The molecule has 0 unspecified atom stereocenters. The summed E-state index contributed by atoms with van der Waals surface area (Å²) in [7, 11) is 0. The first-order valence-corrected chi connectivity index (χ1v) is 8.12. The van der Waals surface area contributed by atoms with Crippen LogP contribution in [-0.2, 0) is 0 Å². The molecule has 114 valence electrons. The third-order valence-corrected chi connectivity index (χ3v) is 5.68. The van der Waals surface area contributed by atoms with Gasteiger partial charge in [-0.1, -0.05) is 24.3 Å². The van der Waals surface area contributed by atoms with Crippen molar-refractivity contribution in [1.29, 1.82) is 0 Å². The highest BCUT2D eigenvalue weighted by Crippen LogP contribution is 2.47. The molecule has 3 fully saturated rings. The Morgan fingerprint density at radius 3 is 2.82 bits per heavy atom. The third kappa shape index (κ3) is 2.08. The molecular formula is C19H22N2O. The van der Waals surface area contributed by atoms with Crippen molar-refractivity contribution in [1.82, 2.24) is 9.88 Å². The van der Waals surface area contributed by atoms with Crippen LogP contribution in [0.2, 0.25) is 0 Å². The van der Waals surface area contributed by atoms with Crippen molar-refractivity contribution in [2.24, 2.45) is 5.41 Å². The van der Waals surface area contributed by atoms with Crippen LogP contribution in [0.25, 0.3) is 10.9 Å². The van der Waals surface area contributed by atoms with Crippen LogP contribution in [0.4, 0.5) is 0 Å². The number of pyridine rings is 1. The zero-order valence-electron chi connectivity index (χ0n) is 12.8. The normalized spacial score (nSPS) is 32.0. The van der Waals surface area contributed by atoms with E-state index in [9.17, 15) is 5.11 Å². The van der Waals surface area contributed by atoms with E-state index in [0.717, 1.165) is 36.0 Å². The van der Waals surface area contributed by atoms with E-state index in [-0.39, 0.29) is 11.5 Å². The summed E-state index contributed by atoms with van der Waals surface area (Å²) in [5, 5.41) is 12.1. The number of aliphatic hydroxyl groups is 1. The summed E-state index contributed by atoms with van der Waals surface area (Å²) >= 11 is 0. The number of aromatic nitrogens is 1. The lowest BCUT2D eigenvalue weighted by molar-refractivity contribution is -0.0522. The van der Waals surface area contributed by atoms with E-state index in [1.54, 1.807) is 6.20 Å². The Morgan fingerprint density at radius 1 is 1.27 bits per heavy atom. The van der Waals surface area contributed by atoms with Crippen molar-refractivity contribution in [3.05, 3.63) is 54.7 Å². The van der Waals surface area contributed by atoms with Crippen molar-refractivity contribution < 1.29 is 5.11 Å². The Bertz CT molecular complexity index is 698. The fourth-order valence-electron chi connectivity index (χ4n) is 4.23. The fraction of sp³-hybridized carbons (Fsp3) is 0.421. The first kappa shape index (κ1) is 13.9. The maximum Gasteiger partial charge on any atom is 0.0952 e. The molecule has 2 aromatic rings. The van der Waals surface area contributed by atoms with E-state index < -0.39 is 6.10 Å². The lowest BCUT2D eigenvalue weighted by Gasteiger charge is -2.53. The van der Waals surface area contributed by atoms with Crippen LogP contribution in [0.5, 0.6) is 0 Å². The Morgan fingerprint density at radius 2 is 2.05 bits per heavy atom. The first-order chi connectivity index (χ1) is 10.7. The molecule has 3 saturated heterocycles. The number of rotatable bonds is 3. The molecule has 3 aliphatic heterocycles. The molecule has 1 aromatic heterocycles. The Balaban J connectivity index is 1.72. The zero-order valence-corrected chi connectivity index (χ0v) is 12.8. The second-order valence-corrected chi connectivity index (χ2v) is 6.74. The summed E-state index contributed by atoms with van der Waals surface area (Å²) in [4.78, 5) is 6.86. The number of hydrogen-bond acceptors (Lipinski definition) is 3. The first-order valence-electron chi connectivity index (χ1n) is 8.12. The largest absolute Gasteiger partial charge is 0.387 e. The zero-order chi connectivity index (χ0) is 15.2. The number of para-hydroxylation sites is 1. The maximum atomic E-state index is 11.1. The molecule has 1 N–H and O–H groups in total. The molecule has 4 heterocycles. The van der Waals surface area contributed by atoms with Crippen molar-refractivity contribution in [2.45, 2.75) is 31.4 Å². The molecule has 2 atom stereocenters. The highest BCUT2D eigenvalue weighted by molar-refractivity contribution is 5.82. The van der Waals surface area contributed by atoms with E-state index in [2.05, 4.69) is 28.6 Å². The molecule has 5 rings (SSSR count). The van der Waals surface area contributed by atoms with E-state index in [1.807, 2.05) is 24.3 Å². The minimum atomic E-state index is -0.465. The summed E-state index contributed by atoms with van der Waals surface area (Å²) in [5.74, 6) is 0. The van der Waals surface area contributed by atoms with Crippen LogP contribution in [0, 0.1) is 5.41 Å². The van der Waals surface area contributed by atoms with Crippen LogP contribution < -0.4 is 0 Å². The van der Waals surface area contributed by atoms with Gasteiger partial charge in [0.2, 0.25) is 0 Å². The molecule has 3 heteroatoms. The minimum absolute atomic E-state index is 0.186. The molecule has 3 aliphatic rings. The summed E-state index contributed by atoms with van der Waals surface area (Å²) in [6, 6.07) is 10.2. The lowest BCUT2D eigenvalue weighted by Crippen LogP contribution is -2.55. The van der Waals surface area contributed by atoms with Gasteiger partial charge in [0, 0.05) is 17.6 Å². The van der Waals surface area contributed by atoms with Gasteiger partial charge in [-0.3, -0.25) is 9.88 Å². The SMILES string of the molecule is C=CC12CCN(CC1)[C@H]([C@@H](O)c1ccnc3ccccc13)C2. The number of allylic oxidation sites excluding steroid dienone is 1. The number of nitrogens with zero attached hydrogens (tertiary/aromatic N) is 2. The van der Waals surface area contributed by atoms with Gasteiger partial charge in [0.1, 0.15) is 0 Å². The molecule has 3 nitrogen and oxygen atoms in total. The number of benzene rings is 1. The predicted octanol–water partition coefficient (Wildman–Crippen LogP) is 3.31. The summed E-state index contributed by atoms with van der Waals surface area (Å²) in [6.07, 6.45) is 6.84. The lowest BCUT2D eigenvalue weighted by atomic mass is 9.67. The second kappa shape index (κ2) is 5.18. The fourth-order valence-corrected chi connectivity index (χ4v) is 4.23. The van der Waals surface area contributed by atoms with Crippen molar-refractivity contribution >= 4 is 10.9 Å². The monoisotopic (exact) mass is 294 g/mol. The molecular weight excluding hydrogens is 272 g/mol. The molecule has 0 spiro atoms. The van der Waals surface area contributed by atoms with Crippen LogP contribution in [-0.4, -0.2) is 34.1 Å². The molecule has 0 aliphatic carbocycles. The Kier molecular flexibility index (Phi) is 3.28. The van der Waals surface area contributed by atoms with Crippen LogP contribution in [0.3, 0.4) is 0 Å². The summed E-state index contributed by atoms with van der Waals surface area (Å²) < 4.78 is 0. The predicted molar refractivity (Wildman–Crippen MR) is 88.5 cm³/mol. The molecule has 0 amide bonds. The van der Waals surface area contributed by atoms with Gasteiger partial charge in [-0.15, -0.1) is 6.58 Å². The van der Waals surface area contributed by atoms with Gasteiger partial charge in [-0.2, -0.15) is 0 Å². The Hall–Kier alpha value is -1.71. The van der Waals surface area contributed by atoms with Gasteiger partial charge < -0.3 is 5.11 Å². The van der Waals surface area contributed by atoms with Crippen LogP contribution in [0.15, 0.2) is 49.2 Å². The summed E-state index contributed by atoms with van der Waals surface area (Å²) in [5.41, 5.74) is 2.18. The number of fused-ring (bicyclic) bond motifs is 4. The Labute approximate surface area is 131 Å². The van der Waals surface area contributed by atoms with Gasteiger partial charge in [0.15, 0.2) is 0 Å². The van der Waals surface area contributed by atoms with E-state index in [4.69, 9.17) is 0 Å². The van der Waals surface area contributed by atoms with Crippen LogP contribution >= 0.6 is 0 Å². The standard InChI is InChI=1S/C19H22N2O/c1-2-19-8-11-21(12-9-19)17(13-19)18(22)15-7-10-20-16-6-4-3-5-14(15)16/h2-7,10,17-18,22H,1,8-9,11-13H2/t17-,18-/m0/s1. The average Bonchev–Trinajstić information content (AvgIpc) is 2.61. The maximum absolute atomic E-state index is 11.1. The van der Waals surface area contributed by atoms with E-state index >= 15 is 0 Å². The highest BCUT2D eigenvalue weighted by atomic mass is 16.3. The van der Waals surface area contributed by atoms with Crippen molar-refractivity contribution in [3.8, 4) is 0 Å². The number of aliphatic hydroxyl groups excluding tert-OH is 1. The van der Waals surface area contributed by atoms with E-state index in [1.165, 1.54) is 12.8 Å². The molecule has 0 saturated carbocycles. The van der Waals surface area contributed by atoms with Crippen molar-refractivity contribution in [2.75, 3.05) is 13.1 Å². The second-order valence-electron chi connectivity index (χ2n) is 6.74.